The van der Waals surface area contributed by atoms with Crippen molar-refractivity contribution in [1.29, 1.82) is 0 Å². The molecular weight excluding hydrogens is 316 g/mol. The molecule has 1 aromatic rings. The van der Waals surface area contributed by atoms with Crippen LogP contribution in [0, 0.1) is 0 Å². The molecule has 2 fully saturated rings. The predicted molar refractivity (Wildman–Crippen MR) is 86.3 cm³/mol. The molecule has 0 spiro atoms. The standard InChI is InChI=1S/C15H24N4O3S/c1-23(21,22)19-11-3-2-7-14(19)15(20)17-9-4-6-13(12-17)18-10-5-8-16-18/h5,8,10,13-14H,2-4,6-7,9,11-12H2,1H3/t13-,14+/m0/s1. The minimum absolute atomic E-state index is 0.0491. The molecule has 7 nitrogen and oxygen atoms in total. The van der Waals surface area contributed by atoms with E-state index in [1.807, 2.05) is 21.8 Å². The molecule has 0 saturated carbocycles. The second-order valence-electron chi connectivity index (χ2n) is 6.45. The molecule has 2 aliphatic heterocycles. The molecule has 3 heterocycles. The van der Waals surface area contributed by atoms with Crippen LogP contribution in [0.5, 0.6) is 0 Å². The first kappa shape index (κ1) is 16.4. The lowest BCUT2D eigenvalue weighted by Gasteiger charge is -2.39. The van der Waals surface area contributed by atoms with Gasteiger partial charge in [-0.15, -0.1) is 0 Å². The topological polar surface area (TPSA) is 75.5 Å². The number of nitrogens with zero attached hydrogens (tertiary/aromatic N) is 4. The predicted octanol–water partition coefficient (Wildman–Crippen LogP) is 0.861. The van der Waals surface area contributed by atoms with Crippen molar-refractivity contribution in [3.63, 3.8) is 0 Å². The number of carbonyl (C=O) groups excluding carboxylic acids is 1. The van der Waals surface area contributed by atoms with Gasteiger partial charge in [0, 0.05) is 32.0 Å². The molecular formula is C15H24N4O3S. The normalized spacial score (nSPS) is 27.1. The molecule has 1 aromatic heterocycles. The highest BCUT2D eigenvalue weighted by Crippen LogP contribution is 2.26. The van der Waals surface area contributed by atoms with Crippen molar-refractivity contribution in [3.05, 3.63) is 18.5 Å². The molecule has 0 unspecified atom stereocenters. The van der Waals surface area contributed by atoms with E-state index in [2.05, 4.69) is 5.10 Å². The molecule has 2 atom stereocenters. The van der Waals surface area contributed by atoms with Gasteiger partial charge in [0.05, 0.1) is 12.3 Å². The summed E-state index contributed by atoms with van der Waals surface area (Å²) in [5.41, 5.74) is 0. The third-order valence-corrected chi connectivity index (χ3v) is 6.06. The van der Waals surface area contributed by atoms with E-state index in [-0.39, 0.29) is 11.9 Å². The van der Waals surface area contributed by atoms with Crippen molar-refractivity contribution in [2.45, 2.75) is 44.2 Å². The fourth-order valence-electron chi connectivity index (χ4n) is 3.63. The first-order valence-electron chi connectivity index (χ1n) is 8.21. The van der Waals surface area contributed by atoms with Crippen molar-refractivity contribution in [1.82, 2.24) is 19.0 Å². The second-order valence-corrected chi connectivity index (χ2v) is 8.39. The summed E-state index contributed by atoms with van der Waals surface area (Å²) in [6, 6.07) is 1.53. The number of amides is 1. The van der Waals surface area contributed by atoms with Gasteiger partial charge in [-0.3, -0.25) is 9.48 Å². The molecule has 128 valence electrons. The lowest BCUT2D eigenvalue weighted by Crippen LogP contribution is -2.54. The molecule has 3 rings (SSSR count). The molecule has 0 bridgehead atoms. The van der Waals surface area contributed by atoms with Crippen molar-refractivity contribution in [2.24, 2.45) is 0 Å². The Morgan fingerprint density at radius 3 is 2.70 bits per heavy atom. The SMILES string of the molecule is CS(=O)(=O)N1CCCC[C@@H]1C(=O)N1CCC[C@H](n2cccn2)C1. The van der Waals surface area contributed by atoms with E-state index in [0.717, 1.165) is 25.7 Å². The van der Waals surface area contributed by atoms with Gasteiger partial charge in [0.2, 0.25) is 15.9 Å². The van der Waals surface area contributed by atoms with Crippen molar-refractivity contribution >= 4 is 15.9 Å². The van der Waals surface area contributed by atoms with E-state index in [1.54, 1.807) is 6.20 Å². The molecule has 23 heavy (non-hydrogen) atoms. The summed E-state index contributed by atoms with van der Waals surface area (Å²) in [7, 11) is -3.35. The van der Waals surface area contributed by atoms with E-state index in [4.69, 9.17) is 0 Å². The van der Waals surface area contributed by atoms with Gasteiger partial charge in [0.25, 0.3) is 0 Å². The zero-order valence-electron chi connectivity index (χ0n) is 13.5. The fraction of sp³-hybridized carbons (Fsp3) is 0.733. The Balaban J connectivity index is 1.73. The van der Waals surface area contributed by atoms with E-state index < -0.39 is 16.1 Å². The van der Waals surface area contributed by atoms with Crippen molar-refractivity contribution < 1.29 is 13.2 Å². The lowest BCUT2D eigenvalue weighted by molar-refractivity contribution is -0.138. The van der Waals surface area contributed by atoms with Gasteiger partial charge in [-0.05, 0) is 31.7 Å². The lowest BCUT2D eigenvalue weighted by atomic mass is 10.0. The van der Waals surface area contributed by atoms with Crippen LogP contribution in [0.4, 0.5) is 0 Å². The Morgan fingerprint density at radius 2 is 2.00 bits per heavy atom. The maximum atomic E-state index is 12.9. The Morgan fingerprint density at radius 1 is 1.17 bits per heavy atom. The number of sulfonamides is 1. The van der Waals surface area contributed by atoms with Crippen molar-refractivity contribution in [2.75, 3.05) is 25.9 Å². The highest BCUT2D eigenvalue weighted by molar-refractivity contribution is 7.88. The van der Waals surface area contributed by atoms with Gasteiger partial charge >= 0.3 is 0 Å². The van der Waals surface area contributed by atoms with Crippen LogP contribution in [0.3, 0.4) is 0 Å². The van der Waals surface area contributed by atoms with E-state index in [9.17, 15) is 13.2 Å². The molecule has 2 saturated heterocycles. The fourth-order valence-corrected chi connectivity index (χ4v) is 4.75. The molecule has 0 aromatic carbocycles. The van der Waals surface area contributed by atoms with Gasteiger partial charge in [0.1, 0.15) is 6.04 Å². The molecule has 0 radical (unpaired) electrons. The van der Waals surface area contributed by atoms with E-state index in [1.165, 1.54) is 10.6 Å². The summed E-state index contributed by atoms with van der Waals surface area (Å²) in [4.78, 5) is 14.7. The van der Waals surface area contributed by atoms with Gasteiger partial charge in [0.15, 0.2) is 0 Å². The zero-order chi connectivity index (χ0) is 16.4. The molecule has 0 aliphatic carbocycles. The van der Waals surface area contributed by atoms with Crippen LogP contribution in [-0.2, 0) is 14.8 Å². The van der Waals surface area contributed by atoms with Crippen LogP contribution < -0.4 is 0 Å². The summed E-state index contributed by atoms with van der Waals surface area (Å²) < 4.78 is 27.2. The molecule has 2 aliphatic rings. The number of piperidine rings is 2. The largest absolute Gasteiger partial charge is 0.339 e. The zero-order valence-corrected chi connectivity index (χ0v) is 14.3. The number of carbonyl (C=O) groups is 1. The quantitative estimate of drug-likeness (QED) is 0.818. The van der Waals surface area contributed by atoms with Crippen molar-refractivity contribution in [3.8, 4) is 0 Å². The summed E-state index contributed by atoms with van der Waals surface area (Å²) >= 11 is 0. The summed E-state index contributed by atoms with van der Waals surface area (Å²) in [5, 5.41) is 4.27. The third-order valence-electron chi connectivity index (χ3n) is 4.77. The minimum atomic E-state index is -3.35. The van der Waals surface area contributed by atoms with Crippen LogP contribution in [0.1, 0.15) is 38.1 Å². The number of hydrogen-bond donors (Lipinski definition) is 0. The number of hydrogen-bond acceptors (Lipinski definition) is 4. The molecule has 8 heteroatoms. The van der Waals surface area contributed by atoms with Crippen LogP contribution in [0.25, 0.3) is 0 Å². The second kappa shape index (κ2) is 6.60. The highest BCUT2D eigenvalue weighted by Gasteiger charge is 2.38. The first-order chi connectivity index (χ1) is 11.0. The van der Waals surface area contributed by atoms with Crippen LogP contribution >= 0.6 is 0 Å². The number of likely N-dealkylation sites (tertiary alicyclic amines) is 1. The third kappa shape index (κ3) is 3.58. The summed E-state index contributed by atoms with van der Waals surface area (Å²) in [5.74, 6) is -0.0491. The average molecular weight is 340 g/mol. The number of rotatable bonds is 3. The summed E-state index contributed by atoms with van der Waals surface area (Å²) in [6.45, 7) is 1.75. The Bertz CT molecular complexity index is 644. The van der Waals surface area contributed by atoms with Gasteiger partial charge in [-0.1, -0.05) is 6.42 Å². The first-order valence-corrected chi connectivity index (χ1v) is 10.1. The molecule has 0 N–H and O–H groups in total. The van der Waals surface area contributed by atoms with Crippen LogP contribution in [-0.4, -0.2) is 65.2 Å². The van der Waals surface area contributed by atoms with E-state index >= 15 is 0 Å². The van der Waals surface area contributed by atoms with Crippen LogP contribution in [0.15, 0.2) is 18.5 Å². The Kier molecular flexibility index (Phi) is 4.72. The Hall–Kier alpha value is -1.41. The van der Waals surface area contributed by atoms with Gasteiger partial charge in [-0.25, -0.2) is 8.42 Å². The number of aromatic nitrogens is 2. The summed E-state index contributed by atoms with van der Waals surface area (Å²) in [6.07, 6.45) is 9.12. The van der Waals surface area contributed by atoms with E-state index in [0.29, 0.717) is 26.1 Å². The maximum absolute atomic E-state index is 12.9. The highest BCUT2D eigenvalue weighted by atomic mass is 32.2. The van der Waals surface area contributed by atoms with Gasteiger partial charge in [-0.2, -0.15) is 9.40 Å². The molecule has 1 amide bonds. The Labute approximate surface area is 137 Å². The monoisotopic (exact) mass is 340 g/mol. The minimum Gasteiger partial charge on any atom is -0.339 e. The maximum Gasteiger partial charge on any atom is 0.241 e. The smallest absolute Gasteiger partial charge is 0.241 e. The average Bonchev–Trinajstić information content (AvgIpc) is 3.08. The van der Waals surface area contributed by atoms with Gasteiger partial charge < -0.3 is 4.90 Å². The van der Waals surface area contributed by atoms with Crippen LogP contribution in [0.2, 0.25) is 0 Å².